The lowest BCUT2D eigenvalue weighted by atomic mass is 10.1. The lowest BCUT2D eigenvalue weighted by Gasteiger charge is -2.21. The number of halogens is 1. The second kappa shape index (κ2) is 12.0. The van der Waals surface area contributed by atoms with Gasteiger partial charge in [-0.2, -0.15) is 0 Å². The van der Waals surface area contributed by atoms with Crippen molar-refractivity contribution in [2.75, 3.05) is 24.7 Å². The van der Waals surface area contributed by atoms with Crippen LogP contribution in [0.2, 0.25) is 0 Å². The molecule has 7 nitrogen and oxygen atoms in total. The summed E-state index contributed by atoms with van der Waals surface area (Å²) in [6.45, 7) is 10.3. The molecule has 2 aromatic heterocycles. The number of aryl methyl sites for hydroxylation is 3. The Labute approximate surface area is 216 Å². The number of fused-ring (bicyclic) bond motifs is 1. The van der Waals surface area contributed by atoms with Gasteiger partial charge in [0.1, 0.15) is 0 Å². The Morgan fingerprint density at radius 3 is 2.57 bits per heavy atom. The highest BCUT2D eigenvalue weighted by molar-refractivity contribution is 7.22. The molecular weight excluding hydrogens is 484 g/mol. The minimum atomic E-state index is -0.108. The predicted octanol–water partition coefficient (Wildman–Crippen LogP) is 6.07. The van der Waals surface area contributed by atoms with E-state index >= 15 is 0 Å². The monoisotopic (exact) mass is 514 g/mol. The van der Waals surface area contributed by atoms with Crippen LogP contribution in [0.5, 0.6) is 11.5 Å². The molecule has 0 atom stereocenters. The maximum Gasteiger partial charge on any atom is 0.260 e. The molecule has 0 aliphatic rings. The molecule has 0 N–H and O–H groups in total. The number of imidazole rings is 1. The average Bonchev–Trinajstić information content (AvgIpc) is 3.51. The highest BCUT2D eigenvalue weighted by atomic mass is 35.5. The van der Waals surface area contributed by atoms with Crippen molar-refractivity contribution in [2.24, 2.45) is 0 Å². The second-order valence-corrected chi connectivity index (χ2v) is 9.00. The Morgan fingerprint density at radius 2 is 1.86 bits per heavy atom. The number of thiazole rings is 1. The molecule has 0 saturated carbocycles. The fourth-order valence-corrected chi connectivity index (χ4v) is 4.83. The quantitative estimate of drug-likeness (QED) is 0.257. The Bertz CT molecular complexity index is 1270. The SMILES string of the molecule is CCOc1ccc(C(=O)N(CCCn2ccnc2)c2nc3c(C)c(C)ccc3s2)cc1OCC.Cl. The molecule has 0 aliphatic carbocycles. The number of hydrogen-bond acceptors (Lipinski definition) is 6. The maximum atomic E-state index is 13.8. The van der Waals surface area contributed by atoms with Crippen molar-refractivity contribution in [1.82, 2.24) is 14.5 Å². The first-order valence-corrected chi connectivity index (χ1v) is 12.4. The zero-order chi connectivity index (χ0) is 24.1. The van der Waals surface area contributed by atoms with Gasteiger partial charge in [-0.15, -0.1) is 12.4 Å². The third-order valence-electron chi connectivity index (χ3n) is 5.70. The molecule has 2 aromatic carbocycles. The summed E-state index contributed by atoms with van der Waals surface area (Å²) in [6.07, 6.45) is 6.25. The minimum absolute atomic E-state index is 0. The highest BCUT2D eigenvalue weighted by Gasteiger charge is 2.23. The summed E-state index contributed by atoms with van der Waals surface area (Å²) in [5.41, 5.74) is 3.83. The van der Waals surface area contributed by atoms with E-state index < -0.39 is 0 Å². The first-order valence-electron chi connectivity index (χ1n) is 11.6. The third kappa shape index (κ3) is 5.94. The molecule has 4 aromatic rings. The molecule has 0 saturated heterocycles. The molecule has 4 rings (SSSR count). The number of hydrogen-bond donors (Lipinski definition) is 0. The average molecular weight is 515 g/mol. The van der Waals surface area contributed by atoms with Crippen molar-refractivity contribution in [1.29, 1.82) is 0 Å². The summed E-state index contributed by atoms with van der Waals surface area (Å²) in [4.78, 5) is 24.5. The summed E-state index contributed by atoms with van der Waals surface area (Å²) in [5, 5.41) is 0.700. The minimum Gasteiger partial charge on any atom is -0.490 e. The van der Waals surface area contributed by atoms with E-state index in [1.807, 2.05) is 24.6 Å². The lowest BCUT2D eigenvalue weighted by molar-refractivity contribution is 0.0985. The smallest absolute Gasteiger partial charge is 0.260 e. The van der Waals surface area contributed by atoms with Crippen molar-refractivity contribution in [2.45, 2.75) is 40.7 Å². The highest BCUT2D eigenvalue weighted by Crippen LogP contribution is 2.34. The van der Waals surface area contributed by atoms with Crippen LogP contribution in [0.4, 0.5) is 5.13 Å². The molecule has 0 aliphatic heterocycles. The molecular formula is C26H31ClN4O3S. The standard InChI is InChI=1S/C26H30N4O3S.ClH/c1-5-32-21-10-9-20(16-22(21)33-6-2)25(31)30(14-7-13-29-15-12-27-17-29)26-28-24-19(4)18(3)8-11-23(24)34-26;/h8-12,15-17H,5-7,13-14H2,1-4H3;1H. The Kier molecular flexibility index (Phi) is 9.12. The molecule has 0 radical (unpaired) electrons. The Balaban J connectivity index is 0.00000342. The van der Waals surface area contributed by atoms with Gasteiger partial charge < -0.3 is 14.0 Å². The van der Waals surface area contributed by atoms with Crippen LogP contribution in [0.3, 0.4) is 0 Å². The molecule has 35 heavy (non-hydrogen) atoms. The van der Waals surface area contributed by atoms with Crippen LogP contribution in [-0.2, 0) is 6.54 Å². The number of anilines is 1. The van der Waals surface area contributed by atoms with E-state index in [-0.39, 0.29) is 18.3 Å². The maximum absolute atomic E-state index is 13.8. The summed E-state index contributed by atoms with van der Waals surface area (Å²) < 4.78 is 14.5. The molecule has 0 bridgehead atoms. The van der Waals surface area contributed by atoms with Crippen LogP contribution in [0.15, 0.2) is 49.1 Å². The Morgan fingerprint density at radius 1 is 1.09 bits per heavy atom. The van der Waals surface area contributed by atoms with Gasteiger partial charge >= 0.3 is 0 Å². The van der Waals surface area contributed by atoms with Crippen molar-refractivity contribution in [3.8, 4) is 11.5 Å². The van der Waals surface area contributed by atoms with Gasteiger partial charge in [0.15, 0.2) is 16.6 Å². The second-order valence-electron chi connectivity index (χ2n) is 7.99. The molecule has 2 heterocycles. The molecule has 0 spiro atoms. The zero-order valence-corrected chi connectivity index (χ0v) is 22.1. The van der Waals surface area contributed by atoms with Gasteiger partial charge in [-0.05, 0) is 69.5 Å². The fourth-order valence-electron chi connectivity index (χ4n) is 3.78. The van der Waals surface area contributed by atoms with Gasteiger partial charge in [-0.25, -0.2) is 9.97 Å². The van der Waals surface area contributed by atoms with Crippen LogP contribution >= 0.6 is 23.7 Å². The van der Waals surface area contributed by atoms with Gasteiger partial charge in [0.25, 0.3) is 5.91 Å². The van der Waals surface area contributed by atoms with Crippen LogP contribution < -0.4 is 14.4 Å². The normalized spacial score (nSPS) is 10.7. The van der Waals surface area contributed by atoms with E-state index in [0.29, 0.717) is 42.0 Å². The number of ether oxygens (including phenoxy) is 2. The molecule has 9 heteroatoms. The van der Waals surface area contributed by atoms with Crippen molar-refractivity contribution >= 4 is 45.0 Å². The van der Waals surface area contributed by atoms with Crippen LogP contribution in [0, 0.1) is 13.8 Å². The van der Waals surface area contributed by atoms with E-state index in [4.69, 9.17) is 14.5 Å². The molecule has 1 amide bonds. The number of nitrogens with zero attached hydrogens (tertiary/aromatic N) is 4. The fraction of sp³-hybridized carbons (Fsp3) is 0.346. The van der Waals surface area contributed by atoms with Gasteiger partial charge in [0.2, 0.25) is 0 Å². The molecule has 0 unspecified atom stereocenters. The van der Waals surface area contributed by atoms with E-state index in [1.54, 1.807) is 47.0 Å². The lowest BCUT2D eigenvalue weighted by Crippen LogP contribution is -2.32. The van der Waals surface area contributed by atoms with Crippen molar-refractivity contribution < 1.29 is 14.3 Å². The summed E-state index contributed by atoms with van der Waals surface area (Å²) >= 11 is 1.54. The largest absolute Gasteiger partial charge is 0.490 e. The van der Waals surface area contributed by atoms with Gasteiger partial charge in [-0.1, -0.05) is 17.4 Å². The van der Waals surface area contributed by atoms with Gasteiger partial charge in [0.05, 0.1) is 29.8 Å². The van der Waals surface area contributed by atoms with E-state index in [9.17, 15) is 4.79 Å². The molecule has 0 fully saturated rings. The topological polar surface area (TPSA) is 69.5 Å². The summed E-state index contributed by atoms with van der Waals surface area (Å²) in [6, 6.07) is 9.55. The zero-order valence-electron chi connectivity index (χ0n) is 20.5. The predicted molar refractivity (Wildman–Crippen MR) is 144 cm³/mol. The Hall–Kier alpha value is -3.10. The van der Waals surface area contributed by atoms with Crippen LogP contribution in [-0.4, -0.2) is 40.2 Å². The van der Waals surface area contributed by atoms with Gasteiger partial charge in [0, 0.05) is 31.0 Å². The van der Waals surface area contributed by atoms with Crippen molar-refractivity contribution in [3.05, 3.63) is 65.7 Å². The summed E-state index contributed by atoms with van der Waals surface area (Å²) in [5.74, 6) is 1.10. The number of amides is 1. The number of carbonyl (C=O) groups is 1. The first-order chi connectivity index (χ1) is 16.5. The third-order valence-corrected chi connectivity index (χ3v) is 6.74. The van der Waals surface area contributed by atoms with Crippen LogP contribution in [0.1, 0.15) is 41.8 Å². The number of benzene rings is 2. The van der Waals surface area contributed by atoms with Gasteiger partial charge in [-0.3, -0.25) is 9.69 Å². The van der Waals surface area contributed by atoms with E-state index in [0.717, 1.165) is 28.7 Å². The number of carbonyl (C=O) groups excluding carboxylic acids is 1. The molecule has 186 valence electrons. The van der Waals surface area contributed by atoms with Crippen LogP contribution in [0.25, 0.3) is 10.2 Å². The first kappa shape index (κ1) is 26.5. The number of rotatable bonds is 10. The van der Waals surface area contributed by atoms with E-state index in [2.05, 4.69) is 31.0 Å². The van der Waals surface area contributed by atoms with Crippen molar-refractivity contribution in [3.63, 3.8) is 0 Å². The van der Waals surface area contributed by atoms with E-state index in [1.165, 1.54) is 5.56 Å². The summed E-state index contributed by atoms with van der Waals surface area (Å²) in [7, 11) is 0. The number of aromatic nitrogens is 3.